The zero-order valence-electron chi connectivity index (χ0n) is 15.3. The van der Waals surface area contributed by atoms with Crippen LogP contribution in [0.2, 0.25) is 0 Å². The van der Waals surface area contributed by atoms with E-state index in [0.29, 0.717) is 17.8 Å². The average molecular weight is 363 g/mol. The summed E-state index contributed by atoms with van der Waals surface area (Å²) in [5.41, 5.74) is 4.50. The smallest absolute Gasteiger partial charge is 0.161 e. The van der Waals surface area contributed by atoms with Crippen LogP contribution in [-0.2, 0) is 0 Å². The van der Waals surface area contributed by atoms with Crippen LogP contribution in [0.5, 0.6) is 11.5 Å². The molecular formula is C20H26O2S2. The van der Waals surface area contributed by atoms with Crippen molar-refractivity contribution in [2.75, 3.05) is 26.7 Å². The van der Waals surface area contributed by atoms with Crippen molar-refractivity contribution in [3.8, 4) is 11.5 Å². The average Bonchev–Trinajstić information content (AvgIpc) is 2.87. The molecule has 24 heavy (non-hydrogen) atoms. The molecular weight excluding hydrogens is 336 g/mol. The van der Waals surface area contributed by atoms with Gasteiger partial charge in [-0.2, -0.15) is 0 Å². The third-order valence-corrected chi connectivity index (χ3v) is 7.63. The standard InChI is InChI=1S/C20H26O2S2/c1-11-12(2)15-10-14(11)18(20(24-6)19(15)23-5)13-7-8-16(21-3)17(9-13)22-4/h7-9,14-15,18H,10H2,1-6H3/t14-,15+,18-/m1/s1. The van der Waals surface area contributed by atoms with E-state index in [1.165, 1.54) is 16.9 Å². The first-order valence-electron chi connectivity index (χ1n) is 8.28. The van der Waals surface area contributed by atoms with Gasteiger partial charge < -0.3 is 9.47 Å². The Bertz CT molecular complexity index is 706. The minimum absolute atomic E-state index is 0.427. The lowest BCUT2D eigenvalue weighted by Gasteiger charge is -2.34. The van der Waals surface area contributed by atoms with E-state index in [1.54, 1.807) is 30.3 Å². The molecule has 0 saturated carbocycles. The fraction of sp³-hybridized carbons (Fsp3) is 0.500. The van der Waals surface area contributed by atoms with Crippen molar-refractivity contribution in [2.24, 2.45) is 11.8 Å². The molecule has 0 aromatic heterocycles. The zero-order chi connectivity index (χ0) is 17.4. The summed E-state index contributed by atoms with van der Waals surface area (Å²) >= 11 is 3.84. The third kappa shape index (κ3) is 2.68. The van der Waals surface area contributed by atoms with Gasteiger partial charge in [0.1, 0.15) is 0 Å². The van der Waals surface area contributed by atoms with Gasteiger partial charge in [0, 0.05) is 21.6 Å². The largest absolute Gasteiger partial charge is 0.493 e. The quantitative estimate of drug-likeness (QED) is 0.624. The summed E-state index contributed by atoms with van der Waals surface area (Å²) in [6.07, 6.45) is 5.68. The Balaban J connectivity index is 2.15. The number of hydrogen-bond donors (Lipinski definition) is 0. The lowest BCUT2D eigenvalue weighted by molar-refractivity contribution is 0.353. The molecule has 0 radical (unpaired) electrons. The van der Waals surface area contributed by atoms with Crippen molar-refractivity contribution in [3.05, 3.63) is 44.7 Å². The fourth-order valence-electron chi connectivity index (χ4n) is 4.27. The summed E-state index contributed by atoms with van der Waals surface area (Å²) in [7, 11) is 3.40. The van der Waals surface area contributed by atoms with Crippen LogP contribution in [0.4, 0.5) is 0 Å². The summed E-state index contributed by atoms with van der Waals surface area (Å²) in [5.74, 6) is 3.27. The maximum atomic E-state index is 5.55. The van der Waals surface area contributed by atoms with Gasteiger partial charge in [-0.05, 0) is 56.4 Å². The van der Waals surface area contributed by atoms with Gasteiger partial charge in [-0.1, -0.05) is 17.2 Å². The number of thioether (sulfide) groups is 2. The van der Waals surface area contributed by atoms with Crippen molar-refractivity contribution in [1.29, 1.82) is 0 Å². The highest BCUT2D eigenvalue weighted by Gasteiger charge is 2.44. The predicted octanol–water partition coefficient (Wildman–Crippen LogP) is 5.71. The molecule has 0 fully saturated rings. The predicted molar refractivity (Wildman–Crippen MR) is 106 cm³/mol. The SMILES string of the molecule is COc1ccc([C@H]2C(SC)=C(SC)[C@H]3C[C@@H]2C(C)=C3C)cc1OC. The number of ether oxygens (including phenoxy) is 2. The van der Waals surface area contributed by atoms with Crippen LogP contribution < -0.4 is 9.47 Å². The number of hydrogen-bond acceptors (Lipinski definition) is 4. The van der Waals surface area contributed by atoms with E-state index >= 15 is 0 Å². The summed E-state index contributed by atoms with van der Waals surface area (Å²) in [4.78, 5) is 3.10. The molecule has 0 unspecified atom stereocenters. The highest BCUT2D eigenvalue weighted by Crippen LogP contribution is 2.59. The highest BCUT2D eigenvalue weighted by molar-refractivity contribution is 8.06. The topological polar surface area (TPSA) is 18.5 Å². The minimum Gasteiger partial charge on any atom is -0.493 e. The fourth-order valence-corrected chi connectivity index (χ4v) is 6.56. The van der Waals surface area contributed by atoms with Crippen LogP contribution in [0.1, 0.15) is 31.7 Å². The molecule has 2 aliphatic carbocycles. The Hall–Kier alpha value is -1.00. The molecule has 0 spiro atoms. The second-order valence-corrected chi connectivity index (χ2v) is 8.19. The second-order valence-electron chi connectivity index (χ2n) is 6.49. The molecule has 0 heterocycles. The van der Waals surface area contributed by atoms with Gasteiger partial charge in [-0.3, -0.25) is 0 Å². The van der Waals surface area contributed by atoms with Gasteiger partial charge in [-0.15, -0.1) is 23.5 Å². The Kier molecular flexibility index (Phi) is 5.26. The molecule has 0 saturated heterocycles. The van der Waals surface area contributed by atoms with Crippen LogP contribution >= 0.6 is 23.5 Å². The van der Waals surface area contributed by atoms with E-state index in [1.807, 2.05) is 29.6 Å². The molecule has 4 heteroatoms. The van der Waals surface area contributed by atoms with Gasteiger partial charge in [0.25, 0.3) is 0 Å². The van der Waals surface area contributed by atoms with Gasteiger partial charge in [0.15, 0.2) is 11.5 Å². The molecule has 0 N–H and O–H groups in total. The molecule has 1 aromatic rings. The van der Waals surface area contributed by atoms with Gasteiger partial charge >= 0.3 is 0 Å². The maximum Gasteiger partial charge on any atom is 0.161 e. The summed E-state index contributed by atoms with van der Waals surface area (Å²) in [6.45, 7) is 4.65. The first-order valence-corrected chi connectivity index (χ1v) is 10.7. The number of rotatable bonds is 5. The summed E-state index contributed by atoms with van der Waals surface area (Å²) < 4.78 is 11.0. The van der Waals surface area contributed by atoms with E-state index in [9.17, 15) is 0 Å². The Morgan fingerprint density at radius 1 is 0.917 bits per heavy atom. The van der Waals surface area contributed by atoms with E-state index in [0.717, 1.165) is 11.5 Å². The van der Waals surface area contributed by atoms with Crippen LogP contribution in [0.3, 0.4) is 0 Å². The lowest BCUT2D eigenvalue weighted by Crippen LogP contribution is -2.21. The number of methoxy groups -OCH3 is 2. The Morgan fingerprint density at radius 3 is 2.17 bits per heavy atom. The molecule has 2 nitrogen and oxygen atoms in total. The molecule has 0 aliphatic heterocycles. The molecule has 0 amide bonds. The van der Waals surface area contributed by atoms with Crippen LogP contribution in [-0.4, -0.2) is 26.7 Å². The van der Waals surface area contributed by atoms with Crippen molar-refractivity contribution >= 4 is 23.5 Å². The maximum absolute atomic E-state index is 5.55. The van der Waals surface area contributed by atoms with Crippen LogP contribution in [0.25, 0.3) is 0 Å². The van der Waals surface area contributed by atoms with E-state index < -0.39 is 0 Å². The third-order valence-electron chi connectivity index (χ3n) is 5.64. The summed E-state index contributed by atoms with van der Waals surface area (Å²) in [5, 5.41) is 0. The first-order chi connectivity index (χ1) is 11.6. The monoisotopic (exact) mass is 362 g/mol. The van der Waals surface area contributed by atoms with E-state index in [-0.39, 0.29) is 0 Å². The van der Waals surface area contributed by atoms with E-state index in [4.69, 9.17) is 9.47 Å². The second kappa shape index (κ2) is 7.09. The zero-order valence-corrected chi connectivity index (χ0v) is 16.9. The molecule has 2 aliphatic rings. The van der Waals surface area contributed by atoms with Crippen molar-refractivity contribution in [3.63, 3.8) is 0 Å². The molecule has 130 valence electrons. The van der Waals surface area contributed by atoms with Gasteiger partial charge in [0.2, 0.25) is 0 Å². The number of fused-ring (bicyclic) bond motifs is 2. The van der Waals surface area contributed by atoms with Gasteiger partial charge in [0.05, 0.1) is 14.2 Å². The Labute approximate surface area is 154 Å². The number of benzene rings is 1. The highest BCUT2D eigenvalue weighted by atomic mass is 32.2. The van der Waals surface area contributed by atoms with Crippen molar-refractivity contribution < 1.29 is 9.47 Å². The van der Waals surface area contributed by atoms with Crippen LogP contribution in [0.15, 0.2) is 39.2 Å². The number of allylic oxidation sites excluding steroid dienone is 4. The first kappa shape index (κ1) is 17.8. The Morgan fingerprint density at radius 2 is 1.58 bits per heavy atom. The summed E-state index contributed by atoms with van der Waals surface area (Å²) in [6, 6.07) is 6.41. The van der Waals surface area contributed by atoms with Gasteiger partial charge in [-0.25, -0.2) is 0 Å². The van der Waals surface area contributed by atoms with E-state index in [2.05, 4.69) is 38.5 Å². The molecule has 1 aromatic carbocycles. The van der Waals surface area contributed by atoms with Crippen molar-refractivity contribution in [1.82, 2.24) is 0 Å². The normalized spacial score (nSPS) is 26.2. The lowest BCUT2D eigenvalue weighted by atomic mass is 9.77. The minimum atomic E-state index is 0.427. The molecule has 3 atom stereocenters. The molecule has 2 bridgehead atoms. The van der Waals surface area contributed by atoms with Crippen LogP contribution in [0, 0.1) is 11.8 Å². The molecule has 3 rings (SSSR count). The van der Waals surface area contributed by atoms with Crippen molar-refractivity contribution in [2.45, 2.75) is 26.2 Å².